The molecule has 1 heterocycles. The Labute approximate surface area is 166 Å². The SMILES string of the molecule is C=CCNC(=NCc1nnc(C)n1C)NC1CCC(SCC)C1.I. The molecule has 0 aromatic carbocycles. The number of guanidine groups is 1. The summed E-state index contributed by atoms with van der Waals surface area (Å²) in [5.74, 6) is 3.79. The smallest absolute Gasteiger partial charge is 0.192 e. The highest BCUT2D eigenvalue weighted by atomic mass is 127. The van der Waals surface area contributed by atoms with Gasteiger partial charge in [0.05, 0.1) is 0 Å². The van der Waals surface area contributed by atoms with E-state index in [1.54, 1.807) is 0 Å². The van der Waals surface area contributed by atoms with Gasteiger partial charge in [-0.2, -0.15) is 11.8 Å². The maximum absolute atomic E-state index is 4.66. The zero-order chi connectivity index (χ0) is 16.7. The fourth-order valence-electron chi connectivity index (χ4n) is 2.71. The number of halogens is 1. The summed E-state index contributed by atoms with van der Waals surface area (Å²) in [5.41, 5.74) is 0. The highest BCUT2D eigenvalue weighted by molar-refractivity contribution is 14.0. The van der Waals surface area contributed by atoms with E-state index < -0.39 is 0 Å². The second kappa shape index (κ2) is 11.0. The average molecular weight is 464 g/mol. The predicted molar refractivity (Wildman–Crippen MR) is 113 cm³/mol. The van der Waals surface area contributed by atoms with Crippen LogP contribution in [0, 0.1) is 6.92 Å². The van der Waals surface area contributed by atoms with Gasteiger partial charge in [0.2, 0.25) is 0 Å². The van der Waals surface area contributed by atoms with E-state index in [4.69, 9.17) is 0 Å². The first-order valence-electron chi connectivity index (χ1n) is 8.26. The van der Waals surface area contributed by atoms with Gasteiger partial charge in [0.15, 0.2) is 11.8 Å². The lowest BCUT2D eigenvalue weighted by atomic mass is 10.2. The van der Waals surface area contributed by atoms with Crippen molar-refractivity contribution in [3.8, 4) is 0 Å². The minimum absolute atomic E-state index is 0. The van der Waals surface area contributed by atoms with Gasteiger partial charge in [0.25, 0.3) is 0 Å². The molecular weight excluding hydrogens is 435 g/mol. The lowest BCUT2D eigenvalue weighted by Gasteiger charge is -2.17. The van der Waals surface area contributed by atoms with Crippen molar-refractivity contribution in [3.05, 3.63) is 24.3 Å². The summed E-state index contributed by atoms with van der Waals surface area (Å²) in [5, 5.41) is 15.9. The molecular formula is C16H29IN6S. The van der Waals surface area contributed by atoms with Crippen LogP contribution in [0.15, 0.2) is 17.6 Å². The first-order valence-corrected chi connectivity index (χ1v) is 9.31. The van der Waals surface area contributed by atoms with Crippen molar-refractivity contribution in [1.29, 1.82) is 0 Å². The van der Waals surface area contributed by atoms with Gasteiger partial charge in [0, 0.05) is 24.9 Å². The summed E-state index contributed by atoms with van der Waals surface area (Å²) < 4.78 is 1.97. The molecule has 0 aliphatic heterocycles. The van der Waals surface area contributed by atoms with Crippen molar-refractivity contribution in [3.63, 3.8) is 0 Å². The molecule has 1 saturated carbocycles. The number of aliphatic imine (C=N–C) groups is 1. The molecule has 0 bridgehead atoms. The standard InChI is InChI=1S/C16H28N6S.HI/c1-5-9-17-16(18-11-15-21-20-12(3)22(15)4)19-13-7-8-14(10-13)23-6-2;/h5,13-14H,1,6-11H2,2-4H3,(H2,17,18,19);1H. The highest BCUT2D eigenvalue weighted by Crippen LogP contribution is 2.29. The zero-order valence-electron chi connectivity index (χ0n) is 14.8. The second-order valence-corrected chi connectivity index (χ2v) is 7.37. The third-order valence-electron chi connectivity index (χ3n) is 4.10. The van der Waals surface area contributed by atoms with Gasteiger partial charge in [-0.05, 0) is 31.9 Å². The molecule has 1 aromatic rings. The van der Waals surface area contributed by atoms with Crippen molar-refractivity contribution in [1.82, 2.24) is 25.4 Å². The Hall–Kier alpha value is -0.770. The van der Waals surface area contributed by atoms with Crippen LogP contribution in [0.25, 0.3) is 0 Å². The van der Waals surface area contributed by atoms with Crippen molar-refractivity contribution in [2.45, 2.75) is 50.9 Å². The van der Waals surface area contributed by atoms with Gasteiger partial charge in [-0.25, -0.2) is 4.99 Å². The van der Waals surface area contributed by atoms with Gasteiger partial charge in [-0.15, -0.1) is 40.8 Å². The van der Waals surface area contributed by atoms with E-state index >= 15 is 0 Å². The normalized spacial score (nSPS) is 20.5. The molecule has 8 heteroatoms. The third-order valence-corrected chi connectivity index (χ3v) is 5.34. The second-order valence-electron chi connectivity index (χ2n) is 5.79. The molecule has 0 saturated heterocycles. The van der Waals surface area contributed by atoms with Gasteiger partial charge in [-0.1, -0.05) is 13.0 Å². The molecule has 1 aliphatic carbocycles. The van der Waals surface area contributed by atoms with Crippen molar-refractivity contribution < 1.29 is 0 Å². The fraction of sp³-hybridized carbons (Fsp3) is 0.688. The summed E-state index contributed by atoms with van der Waals surface area (Å²) in [7, 11) is 1.97. The maximum Gasteiger partial charge on any atom is 0.192 e. The van der Waals surface area contributed by atoms with Crippen molar-refractivity contribution in [2.24, 2.45) is 12.0 Å². The summed E-state index contributed by atoms with van der Waals surface area (Å²) >= 11 is 2.06. The molecule has 0 radical (unpaired) electrons. The van der Waals surface area contributed by atoms with E-state index in [2.05, 4.69) is 51.1 Å². The molecule has 6 nitrogen and oxygen atoms in total. The van der Waals surface area contributed by atoms with Crippen LogP contribution >= 0.6 is 35.7 Å². The molecule has 0 amide bonds. The topological polar surface area (TPSA) is 67.1 Å². The highest BCUT2D eigenvalue weighted by Gasteiger charge is 2.25. The Morgan fingerprint density at radius 3 is 2.88 bits per heavy atom. The largest absolute Gasteiger partial charge is 0.354 e. The summed E-state index contributed by atoms with van der Waals surface area (Å²) in [6, 6.07) is 0.497. The molecule has 2 unspecified atom stereocenters. The Morgan fingerprint density at radius 1 is 1.46 bits per heavy atom. The minimum Gasteiger partial charge on any atom is -0.354 e. The number of aryl methyl sites for hydroxylation is 1. The Balaban J connectivity index is 0.00000288. The van der Waals surface area contributed by atoms with Crippen LogP contribution in [0.4, 0.5) is 0 Å². The van der Waals surface area contributed by atoms with Gasteiger partial charge < -0.3 is 15.2 Å². The van der Waals surface area contributed by atoms with Gasteiger partial charge in [0.1, 0.15) is 12.4 Å². The minimum atomic E-state index is 0. The van der Waals surface area contributed by atoms with Gasteiger partial charge >= 0.3 is 0 Å². The molecule has 2 atom stereocenters. The van der Waals surface area contributed by atoms with Crippen LogP contribution in [-0.4, -0.2) is 44.3 Å². The number of nitrogens with zero attached hydrogens (tertiary/aromatic N) is 4. The molecule has 2 N–H and O–H groups in total. The third kappa shape index (κ3) is 6.27. The van der Waals surface area contributed by atoms with Crippen LogP contribution in [0.1, 0.15) is 37.8 Å². The molecule has 1 aliphatic rings. The fourth-order valence-corrected chi connectivity index (χ4v) is 3.85. The Bertz CT molecular complexity index is 545. The predicted octanol–water partition coefficient (Wildman–Crippen LogP) is 2.64. The van der Waals surface area contributed by atoms with Crippen molar-refractivity contribution in [2.75, 3.05) is 12.3 Å². The average Bonchev–Trinajstić information content (AvgIpc) is 3.11. The first-order chi connectivity index (χ1) is 11.1. The van der Waals surface area contributed by atoms with E-state index in [0.717, 1.165) is 22.9 Å². The van der Waals surface area contributed by atoms with E-state index in [1.807, 2.05) is 24.6 Å². The maximum atomic E-state index is 4.66. The van der Waals surface area contributed by atoms with Crippen molar-refractivity contribution >= 4 is 41.7 Å². The molecule has 24 heavy (non-hydrogen) atoms. The molecule has 1 fully saturated rings. The zero-order valence-corrected chi connectivity index (χ0v) is 17.9. The monoisotopic (exact) mass is 464 g/mol. The Kier molecular flexibility index (Phi) is 9.72. The lowest BCUT2D eigenvalue weighted by molar-refractivity contribution is 0.615. The lowest BCUT2D eigenvalue weighted by Crippen LogP contribution is -2.42. The molecule has 136 valence electrons. The molecule has 1 aromatic heterocycles. The van der Waals surface area contributed by atoms with E-state index in [-0.39, 0.29) is 24.0 Å². The van der Waals surface area contributed by atoms with E-state index in [9.17, 15) is 0 Å². The number of thioether (sulfide) groups is 1. The number of hydrogen-bond donors (Lipinski definition) is 2. The van der Waals surface area contributed by atoms with E-state index in [1.165, 1.54) is 25.0 Å². The summed E-state index contributed by atoms with van der Waals surface area (Å²) in [6.45, 7) is 9.15. The van der Waals surface area contributed by atoms with Crippen LogP contribution in [0.2, 0.25) is 0 Å². The molecule has 2 rings (SSSR count). The van der Waals surface area contributed by atoms with Crippen LogP contribution < -0.4 is 10.6 Å². The van der Waals surface area contributed by atoms with Crippen LogP contribution in [0.3, 0.4) is 0 Å². The quantitative estimate of drug-likeness (QED) is 0.281. The number of hydrogen-bond acceptors (Lipinski definition) is 4. The van der Waals surface area contributed by atoms with Gasteiger partial charge in [-0.3, -0.25) is 0 Å². The van der Waals surface area contributed by atoms with E-state index in [0.29, 0.717) is 19.1 Å². The molecule has 0 spiro atoms. The number of rotatable bonds is 7. The van der Waals surface area contributed by atoms with Crippen LogP contribution in [0.5, 0.6) is 0 Å². The number of aromatic nitrogens is 3. The number of nitrogens with one attached hydrogen (secondary N) is 2. The Morgan fingerprint density at radius 2 is 2.25 bits per heavy atom. The first kappa shape index (κ1) is 21.3. The summed E-state index contributed by atoms with van der Waals surface area (Å²) in [4.78, 5) is 4.66. The van der Waals surface area contributed by atoms with Crippen LogP contribution in [-0.2, 0) is 13.6 Å². The summed E-state index contributed by atoms with van der Waals surface area (Å²) in [6.07, 6.45) is 5.54.